The molecule has 0 radical (unpaired) electrons. The molecule has 2 aliphatic heterocycles. The van der Waals surface area contributed by atoms with Gasteiger partial charge in [0.2, 0.25) is 0 Å². The number of phenolic OH excluding ortho intramolecular Hbond substituents is 1. The summed E-state index contributed by atoms with van der Waals surface area (Å²) >= 11 is 1.22. The molecule has 7 nitrogen and oxygen atoms in total. The van der Waals surface area contributed by atoms with Crippen molar-refractivity contribution in [3.8, 4) is 16.9 Å². The Bertz CT molecular complexity index is 1600. The zero-order valence-electron chi connectivity index (χ0n) is 21.8. The molecule has 3 heterocycles. The Balaban J connectivity index is 1.29. The SMILES string of the molecule is CN1C=C[C@H](c2ccc(-c3ccc4c(c3)C(=O)N([C@@H](C(=O)Nc3nccs3)c3cc(F)ccc3O)C4)cc2)CC1. The molecular formula is C31H27FN4O3S. The van der Waals surface area contributed by atoms with E-state index in [1.54, 1.807) is 11.6 Å². The number of thiazole rings is 1. The minimum atomic E-state index is -1.26. The van der Waals surface area contributed by atoms with E-state index in [9.17, 15) is 19.1 Å². The van der Waals surface area contributed by atoms with E-state index in [0.717, 1.165) is 41.8 Å². The molecule has 0 bridgehead atoms. The molecule has 202 valence electrons. The highest BCUT2D eigenvalue weighted by molar-refractivity contribution is 7.13. The highest BCUT2D eigenvalue weighted by atomic mass is 32.1. The van der Waals surface area contributed by atoms with Crippen molar-refractivity contribution in [1.82, 2.24) is 14.8 Å². The number of phenols is 1. The number of anilines is 1. The number of rotatable bonds is 6. The maximum atomic E-state index is 14.2. The molecule has 2 atom stereocenters. The van der Waals surface area contributed by atoms with Gasteiger partial charge in [-0.2, -0.15) is 0 Å². The summed E-state index contributed by atoms with van der Waals surface area (Å²) < 4.78 is 14.2. The number of aromatic nitrogens is 1. The lowest BCUT2D eigenvalue weighted by atomic mass is 9.91. The van der Waals surface area contributed by atoms with Crippen molar-refractivity contribution in [2.24, 2.45) is 0 Å². The van der Waals surface area contributed by atoms with Gasteiger partial charge in [-0.15, -0.1) is 11.3 Å². The lowest BCUT2D eigenvalue weighted by Gasteiger charge is -2.27. The van der Waals surface area contributed by atoms with Gasteiger partial charge in [-0.25, -0.2) is 9.37 Å². The predicted molar refractivity (Wildman–Crippen MR) is 152 cm³/mol. The average Bonchev–Trinajstić information content (AvgIpc) is 3.59. The highest BCUT2D eigenvalue weighted by Crippen LogP contribution is 2.38. The van der Waals surface area contributed by atoms with Crippen LogP contribution >= 0.6 is 11.3 Å². The van der Waals surface area contributed by atoms with Gasteiger partial charge in [0, 0.05) is 48.8 Å². The number of amides is 2. The molecule has 2 amide bonds. The fourth-order valence-corrected chi connectivity index (χ4v) is 5.86. The molecule has 0 saturated heterocycles. The first kappa shape index (κ1) is 25.8. The number of nitrogens with one attached hydrogen (secondary N) is 1. The topological polar surface area (TPSA) is 85.8 Å². The van der Waals surface area contributed by atoms with Gasteiger partial charge in [-0.3, -0.25) is 14.9 Å². The Labute approximate surface area is 235 Å². The van der Waals surface area contributed by atoms with E-state index in [2.05, 4.69) is 58.8 Å². The van der Waals surface area contributed by atoms with Crippen LogP contribution in [0.25, 0.3) is 11.1 Å². The standard InChI is InChI=1S/C31H27FN4O3S/c1-35-13-10-21(11-14-35)19-2-4-20(5-3-19)22-6-7-23-18-36(30(39)25(23)16-22)28(26-17-24(32)8-9-27(26)37)29(38)34-31-33-12-15-40-31/h2-10,12-13,15-17,21,28,37H,11,14,18H2,1H3,(H,33,34,38)/t21-,28+/m0/s1. The molecule has 2 aliphatic rings. The molecule has 40 heavy (non-hydrogen) atoms. The van der Waals surface area contributed by atoms with E-state index in [0.29, 0.717) is 16.6 Å². The van der Waals surface area contributed by atoms with Crippen LogP contribution in [0.4, 0.5) is 9.52 Å². The van der Waals surface area contributed by atoms with Crippen LogP contribution in [-0.2, 0) is 11.3 Å². The van der Waals surface area contributed by atoms with Gasteiger partial charge in [0.05, 0.1) is 0 Å². The van der Waals surface area contributed by atoms with Gasteiger partial charge in [0.25, 0.3) is 11.8 Å². The van der Waals surface area contributed by atoms with Crippen molar-refractivity contribution in [2.75, 3.05) is 18.9 Å². The number of benzene rings is 3. The fourth-order valence-electron chi connectivity index (χ4n) is 5.33. The third-order valence-corrected chi connectivity index (χ3v) is 8.17. The molecule has 0 fully saturated rings. The number of halogens is 1. The summed E-state index contributed by atoms with van der Waals surface area (Å²) in [5.41, 5.74) is 4.36. The van der Waals surface area contributed by atoms with Crippen molar-refractivity contribution < 1.29 is 19.1 Å². The predicted octanol–water partition coefficient (Wildman–Crippen LogP) is 5.92. The van der Waals surface area contributed by atoms with Crippen LogP contribution in [0.5, 0.6) is 5.75 Å². The van der Waals surface area contributed by atoms with E-state index in [1.807, 2.05) is 18.2 Å². The lowest BCUT2D eigenvalue weighted by Crippen LogP contribution is -2.37. The summed E-state index contributed by atoms with van der Waals surface area (Å²) in [6, 6.07) is 16.2. The summed E-state index contributed by atoms with van der Waals surface area (Å²) in [6.45, 7) is 1.16. The van der Waals surface area contributed by atoms with E-state index in [1.165, 1.54) is 27.9 Å². The van der Waals surface area contributed by atoms with Crippen LogP contribution in [-0.4, -0.2) is 45.3 Å². The molecule has 2 N–H and O–H groups in total. The van der Waals surface area contributed by atoms with E-state index < -0.39 is 17.8 Å². The summed E-state index contributed by atoms with van der Waals surface area (Å²) in [4.78, 5) is 34.8. The molecule has 0 saturated carbocycles. The van der Waals surface area contributed by atoms with Crippen LogP contribution in [0, 0.1) is 5.82 Å². The summed E-state index contributed by atoms with van der Waals surface area (Å²) in [7, 11) is 2.07. The summed E-state index contributed by atoms with van der Waals surface area (Å²) in [5.74, 6) is -1.47. The molecule has 0 aliphatic carbocycles. The van der Waals surface area contributed by atoms with Crippen LogP contribution in [0.15, 0.2) is 84.5 Å². The normalized spacial score (nSPS) is 17.1. The van der Waals surface area contributed by atoms with Gasteiger partial charge >= 0.3 is 0 Å². The Morgan fingerprint density at radius 1 is 1.12 bits per heavy atom. The van der Waals surface area contributed by atoms with Gasteiger partial charge in [-0.1, -0.05) is 42.5 Å². The van der Waals surface area contributed by atoms with Gasteiger partial charge < -0.3 is 14.9 Å². The van der Waals surface area contributed by atoms with Gasteiger partial charge in [0.1, 0.15) is 17.6 Å². The lowest BCUT2D eigenvalue weighted by molar-refractivity contribution is -0.120. The van der Waals surface area contributed by atoms with Crippen molar-refractivity contribution in [3.63, 3.8) is 0 Å². The number of allylic oxidation sites excluding steroid dienone is 1. The van der Waals surface area contributed by atoms with E-state index >= 15 is 0 Å². The van der Waals surface area contributed by atoms with Crippen molar-refractivity contribution in [3.05, 3.63) is 113 Å². The smallest absolute Gasteiger partial charge is 0.255 e. The number of hydrogen-bond donors (Lipinski definition) is 2. The van der Waals surface area contributed by atoms with Crippen LogP contribution in [0.1, 0.15) is 45.4 Å². The minimum Gasteiger partial charge on any atom is -0.508 e. The van der Waals surface area contributed by atoms with Crippen LogP contribution < -0.4 is 5.32 Å². The minimum absolute atomic E-state index is 0.00832. The Kier molecular flexibility index (Phi) is 6.81. The number of fused-ring (bicyclic) bond motifs is 1. The van der Waals surface area contributed by atoms with Gasteiger partial charge in [0.15, 0.2) is 5.13 Å². The average molecular weight is 555 g/mol. The highest BCUT2D eigenvalue weighted by Gasteiger charge is 2.39. The Morgan fingerprint density at radius 2 is 1.93 bits per heavy atom. The molecule has 3 aromatic carbocycles. The van der Waals surface area contributed by atoms with Gasteiger partial charge in [-0.05, 0) is 59.1 Å². The van der Waals surface area contributed by atoms with Crippen molar-refractivity contribution >= 4 is 28.3 Å². The Morgan fingerprint density at radius 3 is 2.65 bits per heavy atom. The maximum absolute atomic E-state index is 14.2. The third-order valence-electron chi connectivity index (χ3n) is 7.49. The first-order chi connectivity index (χ1) is 19.4. The molecule has 1 aromatic heterocycles. The molecule has 9 heteroatoms. The monoisotopic (exact) mass is 554 g/mol. The first-order valence-electron chi connectivity index (χ1n) is 13.0. The fraction of sp³-hybridized carbons (Fsp3) is 0.194. The van der Waals surface area contributed by atoms with Crippen LogP contribution in [0.2, 0.25) is 0 Å². The summed E-state index contributed by atoms with van der Waals surface area (Å²) in [6.07, 6.45) is 6.95. The van der Waals surface area contributed by atoms with Crippen LogP contribution in [0.3, 0.4) is 0 Å². The molecular weight excluding hydrogens is 527 g/mol. The Hall–Kier alpha value is -4.50. The second-order valence-corrected chi connectivity index (χ2v) is 11.0. The number of carbonyl (C=O) groups is 2. The quantitative estimate of drug-likeness (QED) is 0.309. The van der Waals surface area contributed by atoms with Crippen molar-refractivity contribution in [1.29, 1.82) is 0 Å². The zero-order valence-corrected chi connectivity index (χ0v) is 22.6. The maximum Gasteiger partial charge on any atom is 0.255 e. The summed E-state index contributed by atoms with van der Waals surface area (Å²) in [5, 5.41) is 15.3. The molecule has 6 rings (SSSR count). The number of nitrogens with zero attached hydrogens (tertiary/aromatic N) is 3. The molecule has 0 unspecified atom stereocenters. The number of carbonyl (C=O) groups excluding carboxylic acids is 2. The largest absolute Gasteiger partial charge is 0.508 e. The second kappa shape index (κ2) is 10.6. The van der Waals surface area contributed by atoms with Crippen molar-refractivity contribution in [2.45, 2.75) is 24.9 Å². The van der Waals surface area contributed by atoms with E-state index in [4.69, 9.17) is 0 Å². The second-order valence-electron chi connectivity index (χ2n) is 10.1. The molecule has 0 spiro atoms. The first-order valence-corrected chi connectivity index (χ1v) is 13.9. The zero-order chi connectivity index (χ0) is 27.8. The number of hydrogen-bond acceptors (Lipinski definition) is 6. The third kappa shape index (κ3) is 4.96. The van der Waals surface area contributed by atoms with E-state index in [-0.39, 0.29) is 23.8 Å². The number of aromatic hydroxyl groups is 1. The molecule has 4 aromatic rings.